The average Bonchev–Trinajstić information content (AvgIpc) is 2.50. The Hall–Kier alpha value is -2.32. The number of nitrogens with one attached hydrogen (secondary N) is 1. The van der Waals surface area contributed by atoms with Crippen LogP contribution in [0.4, 0.5) is 0 Å². The van der Waals surface area contributed by atoms with E-state index in [-0.39, 0.29) is 30.9 Å². The molecular weight excluding hydrogens is 306 g/mol. The van der Waals surface area contributed by atoms with Crippen molar-refractivity contribution in [2.75, 3.05) is 26.9 Å². The van der Waals surface area contributed by atoms with E-state index in [1.54, 1.807) is 0 Å². The van der Waals surface area contributed by atoms with Gasteiger partial charge in [-0.2, -0.15) is 0 Å². The lowest BCUT2D eigenvalue weighted by Crippen LogP contribution is -2.42. The number of phenols is 2. The third-order valence-electron chi connectivity index (χ3n) is 3.02. The number of rotatable bonds is 10. The number of ether oxygens (including phenoxy) is 2. The van der Waals surface area contributed by atoms with Gasteiger partial charge in [0.2, 0.25) is 5.91 Å². The van der Waals surface area contributed by atoms with Crippen LogP contribution in [0.3, 0.4) is 0 Å². The molecule has 1 aromatic rings. The monoisotopic (exact) mass is 327 g/mol. The number of carbonyl (C=O) groups excluding carboxylic acids is 1. The highest BCUT2D eigenvalue weighted by molar-refractivity contribution is 5.83. The molecule has 0 heterocycles. The van der Waals surface area contributed by atoms with Crippen LogP contribution in [-0.2, 0) is 25.5 Å². The molecule has 0 bridgehead atoms. The van der Waals surface area contributed by atoms with Crippen LogP contribution in [0.1, 0.15) is 12.0 Å². The summed E-state index contributed by atoms with van der Waals surface area (Å²) < 4.78 is 9.93. The lowest BCUT2D eigenvalue weighted by Gasteiger charge is -2.15. The second-order valence-corrected chi connectivity index (χ2v) is 4.84. The summed E-state index contributed by atoms with van der Waals surface area (Å²) in [6.45, 7) is 0.949. The molecule has 1 unspecified atom stereocenters. The second-order valence-electron chi connectivity index (χ2n) is 4.84. The van der Waals surface area contributed by atoms with Crippen molar-refractivity contribution < 1.29 is 34.4 Å². The fourth-order valence-electron chi connectivity index (χ4n) is 1.81. The van der Waals surface area contributed by atoms with Crippen molar-refractivity contribution in [1.29, 1.82) is 0 Å². The Labute approximate surface area is 133 Å². The van der Waals surface area contributed by atoms with E-state index in [0.717, 1.165) is 0 Å². The van der Waals surface area contributed by atoms with Gasteiger partial charge in [0.1, 0.15) is 6.04 Å². The molecule has 0 saturated carbocycles. The van der Waals surface area contributed by atoms with Gasteiger partial charge in [-0.25, -0.2) is 4.79 Å². The van der Waals surface area contributed by atoms with E-state index in [9.17, 15) is 24.9 Å². The highest BCUT2D eigenvalue weighted by Crippen LogP contribution is 2.25. The number of aliphatic carboxylic acids is 1. The van der Waals surface area contributed by atoms with Crippen molar-refractivity contribution in [2.24, 2.45) is 0 Å². The Kier molecular flexibility index (Phi) is 7.86. The summed E-state index contributed by atoms with van der Waals surface area (Å²) in [6.07, 6.45) is 0.0216. The molecule has 0 aromatic heterocycles. The van der Waals surface area contributed by atoms with Crippen molar-refractivity contribution >= 4 is 11.9 Å². The maximum Gasteiger partial charge on any atom is 0.326 e. The van der Waals surface area contributed by atoms with E-state index < -0.39 is 17.9 Å². The van der Waals surface area contributed by atoms with Gasteiger partial charge in [0, 0.05) is 20.0 Å². The van der Waals surface area contributed by atoms with Gasteiger partial charge < -0.3 is 30.1 Å². The number of amides is 1. The highest BCUT2D eigenvalue weighted by Gasteiger charge is 2.20. The van der Waals surface area contributed by atoms with Crippen molar-refractivity contribution in [3.63, 3.8) is 0 Å². The van der Waals surface area contributed by atoms with Gasteiger partial charge in [-0.3, -0.25) is 4.79 Å². The first kappa shape index (κ1) is 18.7. The maximum absolute atomic E-state index is 11.7. The molecule has 23 heavy (non-hydrogen) atoms. The number of benzene rings is 1. The van der Waals surface area contributed by atoms with Crippen LogP contribution in [0.5, 0.6) is 11.5 Å². The number of phenolic OH excluding ortho intramolecular Hbond substituents is 2. The normalized spacial score (nSPS) is 11.9. The lowest BCUT2D eigenvalue weighted by molar-refractivity contribution is -0.142. The molecule has 0 fully saturated rings. The molecule has 8 heteroatoms. The molecule has 1 rings (SSSR count). The Bertz CT molecular complexity index is 533. The minimum absolute atomic E-state index is 0.0144. The molecular formula is C15H21NO7. The summed E-state index contributed by atoms with van der Waals surface area (Å²) in [4.78, 5) is 23.0. The molecule has 0 spiro atoms. The van der Waals surface area contributed by atoms with E-state index in [1.165, 1.54) is 25.3 Å². The largest absolute Gasteiger partial charge is 0.504 e. The summed E-state index contributed by atoms with van der Waals surface area (Å²) in [5, 5.41) is 30.2. The fourth-order valence-corrected chi connectivity index (χ4v) is 1.81. The summed E-state index contributed by atoms with van der Waals surface area (Å²) in [5.74, 6) is -2.27. The molecule has 1 amide bonds. The minimum atomic E-state index is -1.19. The summed E-state index contributed by atoms with van der Waals surface area (Å²) >= 11 is 0. The topological polar surface area (TPSA) is 125 Å². The third-order valence-corrected chi connectivity index (χ3v) is 3.02. The van der Waals surface area contributed by atoms with Gasteiger partial charge in [-0.05, 0) is 17.7 Å². The van der Waals surface area contributed by atoms with Crippen LogP contribution in [0, 0.1) is 0 Å². The van der Waals surface area contributed by atoms with Gasteiger partial charge >= 0.3 is 5.97 Å². The summed E-state index contributed by atoms with van der Waals surface area (Å²) in [5.41, 5.74) is 0.476. The standard InChI is InChI=1S/C15H21NO7/c1-22-6-7-23-5-4-14(19)16-11(15(20)21)8-10-2-3-12(17)13(18)9-10/h2-3,9,11,17-18H,4-8H2,1H3,(H,16,19)(H,20,21). The molecule has 1 atom stereocenters. The number of methoxy groups -OCH3 is 1. The van der Waals surface area contributed by atoms with Crippen LogP contribution < -0.4 is 5.32 Å². The highest BCUT2D eigenvalue weighted by atomic mass is 16.5. The molecule has 8 nitrogen and oxygen atoms in total. The quantitative estimate of drug-likeness (QED) is 0.359. The van der Waals surface area contributed by atoms with Crippen LogP contribution in [0.2, 0.25) is 0 Å². The number of carboxylic acid groups (broad SMARTS) is 1. The Balaban J connectivity index is 2.49. The van der Waals surface area contributed by atoms with E-state index in [2.05, 4.69) is 5.32 Å². The number of carbonyl (C=O) groups is 2. The second kappa shape index (κ2) is 9.65. The number of hydrogen-bond acceptors (Lipinski definition) is 6. The van der Waals surface area contributed by atoms with E-state index in [4.69, 9.17) is 9.47 Å². The Morgan fingerprint density at radius 1 is 1.17 bits per heavy atom. The van der Waals surface area contributed by atoms with Gasteiger partial charge in [-0.1, -0.05) is 6.07 Å². The van der Waals surface area contributed by atoms with E-state index in [0.29, 0.717) is 18.8 Å². The number of aromatic hydroxyl groups is 2. The minimum Gasteiger partial charge on any atom is -0.504 e. The number of hydrogen-bond donors (Lipinski definition) is 4. The molecule has 4 N–H and O–H groups in total. The summed E-state index contributed by atoms with van der Waals surface area (Å²) in [7, 11) is 1.54. The molecule has 0 saturated heterocycles. The van der Waals surface area contributed by atoms with Crippen LogP contribution in [0.15, 0.2) is 18.2 Å². The lowest BCUT2D eigenvalue weighted by atomic mass is 10.1. The van der Waals surface area contributed by atoms with Gasteiger partial charge in [0.05, 0.1) is 19.8 Å². The third kappa shape index (κ3) is 6.98. The first-order chi connectivity index (χ1) is 10.9. The van der Waals surface area contributed by atoms with Crippen molar-refractivity contribution in [1.82, 2.24) is 5.32 Å². The molecule has 0 aliphatic carbocycles. The summed E-state index contributed by atoms with van der Waals surface area (Å²) in [6, 6.07) is 2.86. The van der Waals surface area contributed by atoms with Gasteiger partial charge in [0.25, 0.3) is 0 Å². The van der Waals surface area contributed by atoms with Crippen LogP contribution in [0.25, 0.3) is 0 Å². The van der Waals surface area contributed by atoms with Crippen molar-refractivity contribution in [3.8, 4) is 11.5 Å². The van der Waals surface area contributed by atoms with E-state index >= 15 is 0 Å². The smallest absolute Gasteiger partial charge is 0.326 e. The predicted octanol–water partition coefficient (Wildman–Crippen LogP) is 0.263. The van der Waals surface area contributed by atoms with Crippen molar-refractivity contribution in [3.05, 3.63) is 23.8 Å². The van der Waals surface area contributed by atoms with Crippen molar-refractivity contribution in [2.45, 2.75) is 18.9 Å². The number of carboxylic acids is 1. The maximum atomic E-state index is 11.7. The van der Waals surface area contributed by atoms with E-state index in [1.807, 2.05) is 0 Å². The molecule has 128 valence electrons. The zero-order valence-electron chi connectivity index (χ0n) is 12.8. The molecule has 1 aromatic carbocycles. The van der Waals surface area contributed by atoms with Crippen LogP contribution in [-0.4, -0.2) is 60.2 Å². The zero-order valence-corrected chi connectivity index (χ0v) is 12.8. The average molecular weight is 327 g/mol. The Morgan fingerprint density at radius 2 is 1.91 bits per heavy atom. The SMILES string of the molecule is COCCOCCC(=O)NC(Cc1ccc(O)c(O)c1)C(=O)O. The molecule has 0 aliphatic heterocycles. The molecule has 0 radical (unpaired) electrons. The van der Waals surface area contributed by atoms with Crippen LogP contribution >= 0.6 is 0 Å². The first-order valence-electron chi connectivity index (χ1n) is 7.03. The Morgan fingerprint density at radius 3 is 2.52 bits per heavy atom. The van der Waals surface area contributed by atoms with Gasteiger partial charge in [-0.15, -0.1) is 0 Å². The first-order valence-corrected chi connectivity index (χ1v) is 7.03. The zero-order chi connectivity index (χ0) is 17.2. The fraction of sp³-hybridized carbons (Fsp3) is 0.467. The molecule has 0 aliphatic rings. The predicted molar refractivity (Wildman–Crippen MR) is 80.4 cm³/mol. The van der Waals surface area contributed by atoms with Gasteiger partial charge in [0.15, 0.2) is 11.5 Å².